The molecule has 0 fully saturated rings. The summed E-state index contributed by atoms with van der Waals surface area (Å²) in [6.45, 7) is 3.87. The minimum Gasteiger partial charge on any atom is -0.396 e. The molecule has 0 aromatic rings. The first-order valence-corrected chi connectivity index (χ1v) is 4.45. The fraction of sp³-hybridized carbons (Fsp3) is 0.889. The number of hydrogen-bond acceptors (Lipinski definition) is 3. The molecule has 4 heteroatoms. The molecule has 0 saturated heterocycles. The standard InChI is InChI=1S/C9H19NO3/c1-7(6-11)5-8(2)9(12)10(3)13-4/h7-8,11H,5-6H2,1-4H3/t7-,8+/m0/s1. The second kappa shape index (κ2) is 5.94. The highest BCUT2D eigenvalue weighted by molar-refractivity contribution is 5.77. The van der Waals surface area contributed by atoms with Gasteiger partial charge in [0, 0.05) is 19.6 Å². The summed E-state index contributed by atoms with van der Waals surface area (Å²) in [7, 11) is 3.04. The molecule has 0 radical (unpaired) electrons. The number of aliphatic hydroxyl groups excluding tert-OH is 1. The molecule has 2 atom stereocenters. The summed E-state index contributed by atoms with van der Waals surface area (Å²) in [6.07, 6.45) is 0.684. The topological polar surface area (TPSA) is 49.8 Å². The molecule has 0 aliphatic rings. The molecule has 0 rings (SSSR count). The van der Waals surface area contributed by atoms with Crippen molar-refractivity contribution in [1.29, 1.82) is 0 Å². The summed E-state index contributed by atoms with van der Waals surface area (Å²) in [6, 6.07) is 0. The van der Waals surface area contributed by atoms with Crippen LogP contribution in [0.15, 0.2) is 0 Å². The van der Waals surface area contributed by atoms with Crippen molar-refractivity contribution >= 4 is 5.91 Å². The zero-order valence-corrected chi connectivity index (χ0v) is 8.78. The quantitative estimate of drug-likeness (QED) is 0.646. The molecule has 0 aliphatic heterocycles. The molecule has 0 aromatic carbocycles. The lowest BCUT2D eigenvalue weighted by Gasteiger charge is -2.20. The first-order chi connectivity index (χ1) is 6.02. The van der Waals surface area contributed by atoms with Crippen molar-refractivity contribution in [1.82, 2.24) is 5.06 Å². The largest absolute Gasteiger partial charge is 0.396 e. The van der Waals surface area contributed by atoms with Crippen LogP contribution in [0.3, 0.4) is 0 Å². The van der Waals surface area contributed by atoms with E-state index in [1.54, 1.807) is 7.05 Å². The van der Waals surface area contributed by atoms with E-state index in [1.165, 1.54) is 12.2 Å². The summed E-state index contributed by atoms with van der Waals surface area (Å²) < 4.78 is 0. The number of nitrogens with zero attached hydrogens (tertiary/aromatic N) is 1. The zero-order chi connectivity index (χ0) is 10.4. The fourth-order valence-corrected chi connectivity index (χ4v) is 1.18. The van der Waals surface area contributed by atoms with E-state index in [4.69, 9.17) is 9.94 Å². The Bertz CT molecular complexity index is 161. The highest BCUT2D eigenvalue weighted by Gasteiger charge is 2.19. The molecule has 13 heavy (non-hydrogen) atoms. The van der Waals surface area contributed by atoms with Crippen LogP contribution in [0.5, 0.6) is 0 Å². The van der Waals surface area contributed by atoms with Gasteiger partial charge in [0.25, 0.3) is 0 Å². The lowest BCUT2D eigenvalue weighted by molar-refractivity contribution is -0.173. The van der Waals surface area contributed by atoms with Gasteiger partial charge in [-0.2, -0.15) is 0 Å². The maximum Gasteiger partial charge on any atom is 0.248 e. The Kier molecular flexibility index (Phi) is 5.66. The van der Waals surface area contributed by atoms with Crippen LogP contribution in [0.2, 0.25) is 0 Å². The van der Waals surface area contributed by atoms with Crippen molar-refractivity contribution < 1.29 is 14.7 Å². The summed E-state index contributed by atoms with van der Waals surface area (Å²) >= 11 is 0. The number of carbonyl (C=O) groups excluding carboxylic acids is 1. The molecule has 0 heterocycles. The van der Waals surface area contributed by atoms with Crippen molar-refractivity contribution in [2.75, 3.05) is 20.8 Å². The molecule has 0 saturated carbocycles. The Morgan fingerprint density at radius 2 is 2.08 bits per heavy atom. The van der Waals surface area contributed by atoms with Gasteiger partial charge in [0.1, 0.15) is 0 Å². The summed E-state index contributed by atoms with van der Waals surface area (Å²) in [5.41, 5.74) is 0. The van der Waals surface area contributed by atoms with Crippen molar-refractivity contribution in [2.24, 2.45) is 11.8 Å². The van der Waals surface area contributed by atoms with Gasteiger partial charge >= 0.3 is 0 Å². The molecule has 4 nitrogen and oxygen atoms in total. The van der Waals surface area contributed by atoms with Crippen LogP contribution in [0, 0.1) is 11.8 Å². The second-order valence-electron chi connectivity index (χ2n) is 3.44. The van der Waals surface area contributed by atoms with E-state index >= 15 is 0 Å². The lowest BCUT2D eigenvalue weighted by Crippen LogP contribution is -2.31. The molecule has 1 N–H and O–H groups in total. The number of hydrogen-bond donors (Lipinski definition) is 1. The van der Waals surface area contributed by atoms with Crippen LogP contribution in [0.1, 0.15) is 20.3 Å². The van der Waals surface area contributed by atoms with Gasteiger partial charge in [0.05, 0.1) is 7.11 Å². The predicted molar refractivity (Wildman–Crippen MR) is 49.8 cm³/mol. The van der Waals surface area contributed by atoms with Crippen LogP contribution in [0.4, 0.5) is 0 Å². The van der Waals surface area contributed by atoms with Crippen molar-refractivity contribution in [3.05, 3.63) is 0 Å². The van der Waals surface area contributed by atoms with Crippen LogP contribution < -0.4 is 0 Å². The number of amides is 1. The predicted octanol–water partition coefficient (Wildman–Crippen LogP) is 0.661. The minimum atomic E-state index is -0.105. The first-order valence-electron chi connectivity index (χ1n) is 4.45. The molecule has 0 spiro atoms. The molecule has 0 bridgehead atoms. The fourth-order valence-electron chi connectivity index (χ4n) is 1.18. The summed E-state index contributed by atoms with van der Waals surface area (Å²) in [4.78, 5) is 16.2. The van der Waals surface area contributed by atoms with Gasteiger partial charge in [-0.05, 0) is 12.3 Å². The average Bonchev–Trinajstić information content (AvgIpc) is 2.14. The molecule has 0 aliphatic carbocycles. The Balaban J connectivity index is 3.95. The van der Waals surface area contributed by atoms with Gasteiger partial charge in [-0.3, -0.25) is 9.63 Å². The van der Waals surface area contributed by atoms with E-state index in [-0.39, 0.29) is 24.3 Å². The Morgan fingerprint density at radius 1 is 1.54 bits per heavy atom. The Labute approximate surface area is 79.4 Å². The average molecular weight is 189 g/mol. The normalized spacial score (nSPS) is 15.2. The van der Waals surface area contributed by atoms with Gasteiger partial charge in [0.15, 0.2) is 0 Å². The maximum absolute atomic E-state index is 11.4. The molecular weight excluding hydrogens is 170 g/mol. The molecule has 0 aromatic heterocycles. The van der Waals surface area contributed by atoms with Crippen LogP contribution >= 0.6 is 0 Å². The monoisotopic (exact) mass is 189 g/mol. The van der Waals surface area contributed by atoms with Gasteiger partial charge in [-0.25, -0.2) is 5.06 Å². The van der Waals surface area contributed by atoms with E-state index in [9.17, 15) is 4.79 Å². The number of hydroxylamine groups is 2. The molecular formula is C9H19NO3. The van der Waals surface area contributed by atoms with Gasteiger partial charge < -0.3 is 5.11 Å². The number of carbonyl (C=O) groups is 1. The van der Waals surface area contributed by atoms with E-state index < -0.39 is 0 Å². The van der Waals surface area contributed by atoms with Crippen molar-refractivity contribution in [2.45, 2.75) is 20.3 Å². The van der Waals surface area contributed by atoms with Gasteiger partial charge in [-0.15, -0.1) is 0 Å². The van der Waals surface area contributed by atoms with Crippen LogP contribution in [-0.4, -0.2) is 36.8 Å². The minimum absolute atomic E-state index is 0.0530. The van der Waals surface area contributed by atoms with Gasteiger partial charge in [0.2, 0.25) is 5.91 Å². The molecule has 78 valence electrons. The van der Waals surface area contributed by atoms with E-state index in [0.717, 1.165) is 0 Å². The second-order valence-corrected chi connectivity index (χ2v) is 3.44. The van der Waals surface area contributed by atoms with Crippen molar-refractivity contribution in [3.8, 4) is 0 Å². The Morgan fingerprint density at radius 3 is 2.46 bits per heavy atom. The maximum atomic E-state index is 11.4. The first kappa shape index (κ1) is 12.4. The SMILES string of the molecule is CON(C)C(=O)[C@H](C)C[C@H](C)CO. The third-order valence-corrected chi connectivity index (χ3v) is 2.07. The lowest BCUT2D eigenvalue weighted by atomic mass is 9.97. The molecule has 1 amide bonds. The van der Waals surface area contributed by atoms with Crippen LogP contribution in [-0.2, 0) is 9.63 Å². The summed E-state index contributed by atoms with van der Waals surface area (Å²) in [5.74, 6) is -0.000828. The summed E-state index contributed by atoms with van der Waals surface area (Å²) in [5, 5.41) is 10.0. The third-order valence-electron chi connectivity index (χ3n) is 2.07. The van der Waals surface area contributed by atoms with Gasteiger partial charge in [-0.1, -0.05) is 13.8 Å². The molecule has 0 unspecified atom stereocenters. The van der Waals surface area contributed by atoms with E-state index in [1.807, 2.05) is 13.8 Å². The number of rotatable bonds is 5. The number of aliphatic hydroxyl groups is 1. The third kappa shape index (κ3) is 4.24. The van der Waals surface area contributed by atoms with Crippen molar-refractivity contribution in [3.63, 3.8) is 0 Å². The highest BCUT2D eigenvalue weighted by Crippen LogP contribution is 2.13. The van der Waals surface area contributed by atoms with Crippen LogP contribution in [0.25, 0.3) is 0 Å². The Hall–Kier alpha value is -0.610. The van der Waals surface area contributed by atoms with E-state index in [0.29, 0.717) is 6.42 Å². The smallest absolute Gasteiger partial charge is 0.248 e. The highest BCUT2D eigenvalue weighted by atomic mass is 16.7. The zero-order valence-electron chi connectivity index (χ0n) is 8.78. The van der Waals surface area contributed by atoms with E-state index in [2.05, 4.69) is 0 Å².